The quantitative estimate of drug-likeness (QED) is 0.355. The molecule has 0 radical (unpaired) electrons. The van der Waals surface area contributed by atoms with Gasteiger partial charge in [0.05, 0.1) is 29.1 Å². The molecule has 4 aromatic rings. The van der Waals surface area contributed by atoms with Crippen LogP contribution >= 0.6 is 36.2 Å². The highest BCUT2D eigenvalue weighted by Gasteiger charge is 2.13. The molecule has 2 aromatic carbocycles. The van der Waals surface area contributed by atoms with Crippen molar-refractivity contribution in [2.24, 2.45) is 0 Å². The first-order valence-corrected chi connectivity index (χ1v) is 10.9. The Balaban J connectivity index is 0.00000144. The third-order valence-electron chi connectivity index (χ3n) is 5.26. The summed E-state index contributed by atoms with van der Waals surface area (Å²) in [4.78, 5) is 8.20. The number of hydrogen-bond donors (Lipinski definition) is 2. The van der Waals surface area contributed by atoms with E-state index < -0.39 is 0 Å². The number of nitrogens with zero attached hydrogens (tertiary/aromatic N) is 2. The van der Waals surface area contributed by atoms with Crippen LogP contribution in [0, 0.1) is 0 Å². The molecule has 3 heterocycles. The molecule has 8 heteroatoms. The number of aromatic hydroxyl groups is 1. The van der Waals surface area contributed by atoms with Crippen molar-refractivity contribution in [3.8, 4) is 16.2 Å². The van der Waals surface area contributed by atoms with Crippen molar-refractivity contribution in [2.45, 2.75) is 6.54 Å². The van der Waals surface area contributed by atoms with Gasteiger partial charge in [0.25, 0.3) is 0 Å². The fourth-order valence-electron chi connectivity index (χ4n) is 3.76. The van der Waals surface area contributed by atoms with Crippen molar-refractivity contribution < 1.29 is 9.84 Å². The number of aromatic nitrogens is 1. The molecule has 1 aliphatic rings. The van der Waals surface area contributed by atoms with Gasteiger partial charge in [0.1, 0.15) is 5.75 Å². The normalized spacial score (nSPS) is 13.9. The Hall–Kier alpha value is -2.35. The summed E-state index contributed by atoms with van der Waals surface area (Å²) >= 11 is 1.73. The van der Waals surface area contributed by atoms with Crippen molar-refractivity contribution in [1.82, 2.24) is 9.88 Å². The van der Waals surface area contributed by atoms with Crippen molar-refractivity contribution in [2.75, 3.05) is 31.6 Å². The lowest BCUT2D eigenvalue weighted by Crippen LogP contribution is -2.35. The summed E-state index contributed by atoms with van der Waals surface area (Å²) in [5.41, 5.74) is 5.35. The zero-order chi connectivity index (χ0) is 20.3. The lowest BCUT2D eigenvalue weighted by atomic mass is 10.1. The minimum absolute atomic E-state index is 0. The van der Waals surface area contributed by atoms with Crippen LogP contribution in [-0.2, 0) is 11.3 Å². The Bertz CT molecular complexity index is 1180. The Kier molecular flexibility index (Phi) is 8.34. The van der Waals surface area contributed by atoms with Gasteiger partial charge in [-0.3, -0.25) is 9.88 Å². The Labute approximate surface area is 203 Å². The molecular formula is C24H25Cl2N3O2S. The lowest BCUT2D eigenvalue weighted by Gasteiger charge is -2.26. The zero-order valence-electron chi connectivity index (χ0n) is 17.4. The molecule has 0 spiro atoms. The summed E-state index contributed by atoms with van der Waals surface area (Å²) in [6.07, 6.45) is 1.82. The van der Waals surface area contributed by atoms with Gasteiger partial charge in [0.15, 0.2) is 0 Å². The molecule has 32 heavy (non-hydrogen) atoms. The summed E-state index contributed by atoms with van der Waals surface area (Å²) in [5.74, 6) is 0.245. The third-order valence-corrected chi connectivity index (χ3v) is 6.47. The van der Waals surface area contributed by atoms with E-state index in [0.29, 0.717) is 0 Å². The summed E-state index contributed by atoms with van der Waals surface area (Å²) in [7, 11) is 0. The topological polar surface area (TPSA) is 57.6 Å². The molecule has 168 valence electrons. The molecule has 5 nitrogen and oxygen atoms in total. The van der Waals surface area contributed by atoms with Gasteiger partial charge in [-0.05, 0) is 41.5 Å². The standard InChI is InChI=1S/C24H23N3O2S.2ClH/c28-20-6-2-5-19(14-20)26-21-7-8-25-22-15-23(30-24(21)22)18-4-1-3-17(13-18)16-27-9-11-29-12-10-27;;/h1-8,13-15,28H,9-12,16H2,(H,25,26);2*1H. The summed E-state index contributed by atoms with van der Waals surface area (Å²) in [6.45, 7) is 4.56. The van der Waals surface area contributed by atoms with E-state index in [0.717, 1.165) is 54.4 Å². The largest absolute Gasteiger partial charge is 0.508 e. The van der Waals surface area contributed by atoms with Crippen LogP contribution in [0.25, 0.3) is 20.7 Å². The maximum atomic E-state index is 9.74. The maximum absolute atomic E-state index is 9.74. The first-order valence-electron chi connectivity index (χ1n) is 10.1. The van der Waals surface area contributed by atoms with Gasteiger partial charge in [0, 0.05) is 42.5 Å². The number of hydrogen-bond acceptors (Lipinski definition) is 6. The zero-order valence-corrected chi connectivity index (χ0v) is 19.8. The minimum atomic E-state index is 0. The molecule has 1 aliphatic heterocycles. The van der Waals surface area contributed by atoms with Crippen LogP contribution in [0.4, 0.5) is 11.4 Å². The molecule has 0 amide bonds. The van der Waals surface area contributed by atoms with Gasteiger partial charge in [-0.2, -0.15) is 0 Å². The lowest BCUT2D eigenvalue weighted by molar-refractivity contribution is 0.0342. The SMILES string of the molecule is Cl.Cl.Oc1cccc(Nc2ccnc3cc(-c4cccc(CN5CCOCC5)c4)sc23)c1. The van der Waals surface area contributed by atoms with E-state index in [1.165, 1.54) is 16.0 Å². The monoisotopic (exact) mass is 489 g/mol. The number of anilines is 2. The highest BCUT2D eigenvalue weighted by atomic mass is 35.5. The average Bonchev–Trinajstić information content (AvgIpc) is 3.20. The van der Waals surface area contributed by atoms with Gasteiger partial charge in [-0.1, -0.05) is 24.3 Å². The van der Waals surface area contributed by atoms with E-state index in [9.17, 15) is 5.11 Å². The number of nitrogens with one attached hydrogen (secondary N) is 1. The fourth-order valence-corrected chi connectivity index (χ4v) is 4.84. The molecule has 0 bridgehead atoms. The number of rotatable bonds is 5. The fraction of sp³-hybridized carbons (Fsp3) is 0.208. The highest BCUT2D eigenvalue weighted by molar-refractivity contribution is 7.22. The summed E-state index contributed by atoms with van der Waals surface area (Å²) < 4.78 is 6.56. The molecule has 0 saturated carbocycles. The van der Waals surface area contributed by atoms with Crippen LogP contribution in [0.15, 0.2) is 66.9 Å². The van der Waals surface area contributed by atoms with Crippen molar-refractivity contribution >= 4 is 57.7 Å². The molecule has 5 rings (SSSR count). The second-order valence-electron chi connectivity index (χ2n) is 7.45. The average molecular weight is 490 g/mol. The second-order valence-corrected chi connectivity index (χ2v) is 8.50. The van der Waals surface area contributed by atoms with Crippen LogP contribution in [0.2, 0.25) is 0 Å². The third kappa shape index (κ3) is 5.52. The van der Waals surface area contributed by atoms with Gasteiger partial charge >= 0.3 is 0 Å². The predicted octanol–water partition coefficient (Wildman–Crippen LogP) is 6.09. The summed E-state index contributed by atoms with van der Waals surface area (Å²) in [5, 5.41) is 13.2. The van der Waals surface area contributed by atoms with Gasteiger partial charge in [-0.25, -0.2) is 0 Å². The van der Waals surface area contributed by atoms with Crippen LogP contribution < -0.4 is 5.32 Å². The molecule has 2 aromatic heterocycles. The Morgan fingerprint density at radius 1 is 1.00 bits per heavy atom. The van der Waals surface area contributed by atoms with Crippen LogP contribution in [0.3, 0.4) is 0 Å². The van der Waals surface area contributed by atoms with Crippen molar-refractivity contribution in [1.29, 1.82) is 0 Å². The molecule has 0 atom stereocenters. The van der Waals surface area contributed by atoms with Crippen molar-refractivity contribution in [3.05, 3.63) is 72.4 Å². The molecule has 1 saturated heterocycles. The predicted molar refractivity (Wildman–Crippen MR) is 137 cm³/mol. The van der Waals surface area contributed by atoms with Crippen LogP contribution in [-0.4, -0.2) is 41.3 Å². The first-order chi connectivity index (χ1) is 14.7. The van der Waals surface area contributed by atoms with E-state index >= 15 is 0 Å². The van der Waals surface area contributed by atoms with Gasteiger partial charge in [0.2, 0.25) is 0 Å². The molecular weight excluding hydrogens is 465 g/mol. The van der Waals surface area contributed by atoms with Crippen LogP contribution in [0.1, 0.15) is 5.56 Å². The Morgan fingerprint density at radius 3 is 2.62 bits per heavy atom. The second kappa shape index (κ2) is 11.0. The number of morpholine rings is 1. The maximum Gasteiger partial charge on any atom is 0.117 e. The van der Waals surface area contributed by atoms with E-state index in [2.05, 4.69) is 45.5 Å². The number of thiophene rings is 1. The van der Waals surface area contributed by atoms with E-state index in [1.807, 2.05) is 24.4 Å². The van der Waals surface area contributed by atoms with Gasteiger partial charge < -0.3 is 15.2 Å². The van der Waals surface area contributed by atoms with Gasteiger partial charge in [-0.15, -0.1) is 36.2 Å². The van der Waals surface area contributed by atoms with Crippen molar-refractivity contribution in [3.63, 3.8) is 0 Å². The number of benzene rings is 2. The summed E-state index contributed by atoms with van der Waals surface area (Å²) in [6, 6.07) is 20.1. The number of ether oxygens (including phenoxy) is 1. The minimum Gasteiger partial charge on any atom is -0.508 e. The van der Waals surface area contributed by atoms with Crippen LogP contribution in [0.5, 0.6) is 5.75 Å². The molecule has 0 aliphatic carbocycles. The molecule has 0 unspecified atom stereocenters. The molecule has 1 fully saturated rings. The first kappa shape index (κ1) is 24.3. The smallest absolute Gasteiger partial charge is 0.117 e. The number of phenols is 1. The number of phenolic OH excluding ortho intramolecular Hbond substituents is 1. The highest BCUT2D eigenvalue weighted by Crippen LogP contribution is 2.38. The van der Waals surface area contributed by atoms with E-state index in [4.69, 9.17) is 4.74 Å². The van der Waals surface area contributed by atoms with E-state index in [1.54, 1.807) is 23.5 Å². The van der Waals surface area contributed by atoms with E-state index in [-0.39, 0.29) is 30.6 Å². The Morgan fingerprint density at radius 2 is 1.81 bits per heavy atom. The number of fused-ring (bicyclic) bond motifs is 1. The molecule has 2 N–H and O–H groups in total. The number of pyridine rings is 1. The number of halogens is 2.